The van der Waals surface area contributed by atoms with E-state index in [0.29, 0.717) is 6.54 Å². The molecule has 0 fully saturated rings. The van der Waals surface area contributed by atoms with Crippen molar-refractivity contribution in [2.24, 2.45) is 0 Å². The Hall–Kier alpha value is -2.49. The third-order valence-electron chi connectivity index (χ3n) is 4.29. The minimum atomic E-state index is 0.0253. The van der Waals surface area contributed by atoms with Gasteiger partial charge in [-0.3, -0.25) is 4.79 Å². The topological polar surface area (TPSA) is 50.4 Å². The summed E-state index contributed by atoms with van der Waals surface area (Å²) in [6.07, 6.45) is 1.97. The van der Waals surface area contributed by atoms with Gasteiger partial charge in [0.2, 0.25) is 0 Å². The molecule has 1 amide bonds. The van der Waals surface area contributed by atoms with E-state index in [-0.39, 0.29) is 5.91 Å². The molecule has 4 rings (SSSR count). The Morgan fingerprint density at radius 3 is 3.05 bits per heavy atom. The summed E-state index contributed by atoms with van der Waals surface area (Å²) in [5, 5.41) is 6.24. The second-order valence-corrected chi connectivity index (χ2v) is 5.77. The van der Waals surface area contributed by atoms with Gasteiger partial charge < -0.3 is 15.4 Å². The molecular formula is C18H18N2O2. The van der Waals surface area contributed by atoms with Crippen molar-refractivity contribution in [3.8, 4) is 5.75 Å². The number of fused-ring (bicyclic) bond motifs is 2. The molecule has 0 saturated carbocycles. The summed E-state index contributed by atoms with van der Waals surface area (Å²) in [5.74, 6) is 1.05. The quantitative estimate of drug-likeness (QED) is 0.911. The van der Waals surface area contributed by atoms with Crippen LogP contribution in [0.15, 0.2) is 36.4 Å². The molecule has 22 heavy (non-hydrogen) atoms. The number of benzene rings is 2. The molecule has 0 aliphatic carbocycles. The lowest BCUT2D eigenvalue weighted by atomic mass is 10.1. The van der Waals surface area contributed by atoms with Gasteiger partial charge in [0.05, 0.1) is 6.61 Å². The van der Waals surface area contributed by atoms with Gasteiger partial charge in [0.25, 0.3) is 5.91 Å². The van der Waals surface area contributed by atoms with Crippen molar-refractivity contribution in [2.45, 2.75) is 19.4 Å². The Morgan fingerprint density at radius 1 is 1.14 bits per heavy atom. The summed E-state index contributed by atoms with van der Waals surface area (Å²) >= 11 is 0. The molecule has 2 aliphatic rings. The number of carbonyl (C=O) groups excluding carboxylic acids is 1. The van der Waals surface area contributed by atoms with Crippen LogP contribution in [-0.4, -0.2) is 19.1 Å². The van der Waals surface area contributed by atoms with Crippen LogP contribution in [-0.2, 0) is 19.4 Å². The van der Waals surface area contributed by atoms with Crippen molar-refractivity contribution in [3.63, 3.8) is 0 Å². The monoisotopic (exact) mass is 294 g/mol. The molecule has 0 spiro atoms. The van der Waals surface area contributed by atoms with Crippen molar-refractivity contribution in [1.29, 1.82) is 0 Å². The molecule has 2 N–H and O–H groups in total. The Morgan fingerprint density at radius 2 is 2.09 bits per heavy atom. The van der Waals surface area contributed by atoms with Crippen molar-refractivity contribution < 1.29 is 9.53 Å². The summed E-state index contributed by atoms with van der Waals surface area (Å²) in [6.45, 7) is 2.29. The summed E-state index contributed by atoms with van der Waals surface area (Å²) in [6, 6.07) is 12.4. The van der Waals surface area contributed by atoms with Crippen LogP contribution < -0.4 is 15.4 Å². The van der Waals surface area contributed by atoms with Crippen LogP contribution in [0.5, 0.6) is 5.75 Å². The number of nitrogens with one attached hydrogen (secondary N) is 2. The average molecular weight is 294 g/mol. The number of ether oxygens (including phenoxy) is 1. The normalized spacial score (nSPS) is 15.0. The predicted octanol–water partition coefficient (Wildman–Crippen LogP) is 2.52. The first-order valence-electron chi connectivity index (χ1n) is 7.69. The molecule has 112 valence electrons. The fourth-order valence-electron chi connectivity index (χ4n) is 3.07. The van der Waals surface area contributed by atoms with Gasteiger partial charge in [-0.2, -0.15) is 0 Å². The van der Waals surface area contributed by atoms with Gasteiger partial charge in [0.15, 0.2) is 0 Å². The lowest BCUT2D eigenvalue weighted by molar-refractivity contribution is 0.0966. The van der Waals surface area contributed by atoms with E-state index < -0.39 is 0 Å². The van der Waals surface area contributed by atoms with E-state index in [2.05, 4.69) is 28.8 Å². The highest BCUT2D eigenvalue weighted by molar-refractivity contribution is 5.99. The van der Waals surface area contributed by atoms with Gasteiger partial charge in [0.1, 0.15) is 5.75 Å². The maximum atomic E-state index is 11.7. The van der Waals surface area contributed by atoms with Crippen LogP contribution in [0.25, 0.3) is 0 Å². The number of anilines is 1. The van der Waals surface area contributed by atoms with Crippen LogP contribution in [0.1, 0.15) is 27.0 Å². The molecule has 0 saturated heterocycles. The van der Waals surface area contributed by atoms with Gasteiger partial charge in [-0.1, -0.05) is 18.2 Å². The minimum absolute atomic E-state index is 0.0253. The SMILES string of the molecule is O=C1NCc2ccc(NCCc3ccc4c(c3)CCO4)cc21. The zero-order valence-electron chi connectivity index (χ0n) is 12.3. The van der Waals surface area contributed by atoms with E-state index in [0.717, 1.165) is 48.6 Å². The molecule has 2 heterocycles. The van der Waals surface area contributed by atoms with Crippen LogP contribution in [0.2, 0.25) is 0 Å². The third-order valence-corrected chi connectivity index (χ3v) is 4.29. The molecule has 2 aromatic carbocycles. The van der Waals surface area contributed by atoms with Crippen molar-refractivity contribution in [2.75, 3.05) is 18.5 Å². The number of amides is 1. The molecule has 0 aromatic heterocycles. The molecular weight excluding hydrogens is 276 g/mol. The van der Waals surface area contributed by atoms with E-state index in [1.807, 2.05) is 18.2 Å². The number of rotatable bonds is 4. The lowest BCUT2D eigenvalue weighted by Gasteiger charge is -2.08. The molecule has 0 atom stereocenters. The maximum Gasteiger partial charge on any atom is 0.251 e. The van der Waals surface area contributed by atoms with E-state index in [1.54, 1.807) is 0 Å². The summed E-state index contributed by atoms with van der Waals surface area (Å²) in [4.78, 5) is 11.7. The van der Waals surface area contributed by atoms with Gasteiger partial charge in [-0.05, 0) is 41.3 Å². The molecule has 4 heteroatoms. The molecule has 2 aliphatic heterocycles. The number of hydrogen-bond donors (Lipinski definition) is 2. The molecule has 2 aromatic rings. The smallest absolute Gasteiger partial charge is 0.251 e. The van der Waals surface area contributed by atoms with E-state index in [9.17, 15) is 4.79 Å². The highest BCUT2D eigenvalue weighted by atomic mass is 16.5. The summed E-state index contributed by atoms with van der Waals surface area (Å²) in [7, 11) is 0. The van der Waals surface area contributed by atoms with Gasteiger partial charge >= 0.3 is 0 Å². The lowest BCUT2D eigenvalue weighted by Crippen LogP contribution is -2.12. The molecule has 4 nitrogen and oxygen atoms in total. The van der Waals surface area contributed by atoms with Gasteiger partial charge in [-0.25, -0.2) is 0 Å². The Labute approximate surface area is 129 Å². The number of carbonyl (C=O) groups is 1. The molecule has 0 bridgehead atoms. The summed E-state index contributed by atoms with van der Waals surface area (Å²) < 4.78 is 5.53. The zero-order valence-corrected chi connectivity index (χ0v) is 12.3. The van der Waals surface area contributed by atoms with Crippen LogP contribution in [0.3, 0.4) is 0 Å². The first kappa shape index (κ1) is 13.2. The average Bonchev–Trinajstić information content (AvgIpc) is 3.14. The largest absolute Gasteiger partial charge is 0.493 e. The highest BCUT2D eigenvalue weighted by Crippen LogP contribution is 2.26. The van der Waals surface area contributed by atoms with E-state index in [1.165, 1.54) is 11.1 Å². The summed E-state index contributed by atoms with van der Waals surface area (Å²) in [5.41, 5.74) is 5.50. The maximum absolute atomic E-state index is 11.7. The standard InChI is InChI=1S/C18H18N2O2/c21-18-16-10-15(3-2-14(16)11-20-18)19-7-5-12-1-4-17-13(9-12)6-8-22-17/h1-4,9-10,19H,5-8,11H2,(H,20,21). The first-order valence-corrected chi connectivity index (χ1v) is 7.69. The van der Waals surface area contributed by atoms with Gasteiger partial charge in [0, 0.05) is 30.8 Å². The molecule has 0 unspecified atom stereocenters. The fraction of sp³-hybridized carbons (Fsp3) is 0.278. The van der Waals surface area contributed by atoms with E-state index >= 15 is 0 Å². The Balaban J connectivity index is 1.39. The Bertz CT molecular complexity index is 740. The fourth-order valence-corrected chi connectivity index (χ4v) is 3.07. The molecule has 0 radical (unpaired) electrons. The van der Waals surface area contributed by atoms with Crippen molar-refractivity contribution in [3.05, 3.63) is 58.7 Å². The third kappa shape index (κ3) is 2.41. The first-order chi connectivity index (χ1) is 10.8. The van der Waals surface area contributed by atoms with Gasteiger partial charge in [-0.15, -0.1) is 0 Å². The number of hydrogen-bond acceptors (Lipinski definition) is 3. The van der Waals surface area contributed by atoms with Crippen molar-refractivity contribution >= 4 is 11.6 Å². The van der Waals surface area contributed by atoms with Crippen LogP contribution in [0, 0.1) is 0 Å². The Kier molecular flexibility index (Phi) is 3.22. The highest BCUT2D eigenvalue weighted by Gasteiger charge is 2.18. The van der Waals surface area contributed by atoms with Crippen molar-refractivity contribution in [1.82, 2.24) is 5.32 Å². The second-order valence-electron chi connectivity index (χ2n) is 5.77. The second kappa shape index (κ2) is 5.37. The zero-order chi connectivity index (χ0) is 14.9. The predicted molar refractivity (Wildman–Crippen MR) is 85.4 cm³/mol. The van der Waals surface area contributed by atoms with Crippen LogP contribution >= 0.6 is 0 Å². The van der Waals surface area contributed by atoms with E-state index in [4.69, 9.17) is 4.74 Å². The van der Waals surface area contributed by atoms with Crippen LogP contribution in [0.4, 0.5) is 5.69 Å². The minimum Gasteiger partial charge on any atom is -0.493 e.